The van der Waals surface area contributed by atoms with E-state index in [2.05, 4.69) is 80.4 Å². The van der Waals surface area contributed by atoms with Crippen LogP contribution in [0.3, 0.4) is 0 Å². The molecule has 7 heteroatoms. The minimum Gasteiger partial charge on any atom is -0.252 e. The van der Waals surface area contributed by atoms with Crippen LogP contribution in [-0.4, -0.2) is 29.0 Å². The molecule has 2 N–H and O–H groups in total. The van der Waals surface area contributed by atoms with Gasteiger partial charge in [-0.3, -0.25) is 5.10 Å². The summed E-state index contributed by atoms with van der Waals surface area (Å²) in [6, 6.07) is 7.09. The lowest BCUT2D eigenvalue weighted by molar-refractivity contribution is 0.623. The molecule has 0 radical (unpaired) electrons. The van der Waals surface area contributed by atoms with Gasteiger partial charge < -0.3 is 0 Å². The van der Waals surface area contributed by atoms with Gasteiger partial charge in [0.05, 0.1) is 0 Å². The number of hydrogen-bond donors (Lipinski definition) is 2. The Balaban J connectivity index is 0.000000277. The molecule has 1 aromatic carbocycles. The fourth-order valence-electron chi connectivity index (χ4n) is 1.95. The largest absolute Gasteiger partial charge is 0.291 e. The second-order valence-corrected chi connectivity index (χ2v) is 7.23. The Hall–Kier alpha value is -1.89. The van der Waals surface area contributed by atoms with Crippen LogP contribution in [0, 0.1) is 4.77 Å². The monoisotopic (exact) mass is 338 g/mol. The molecule has 23 heavy (non-hydrogen) atoms. The molecule has 0 saturated heterocycles. The normalized spacial score (nSPS) is 10.8. The van der Waals surface area contributed by atoms with Gasteiger partial charge in [0.15, 0.2) is 0 Å². The number of aromatic amines is 2. The minimum absolute atomic E-state index is 0.190. The SMILES string of the molecule is CC(C)c1cc(C(C)C)cc(C(C)C)c1.O=S(=O)=c1nn[nH][nH]1. The first kappa shape index (κ1) is 19.2. The lowest BCUT2D eigenvalue weighted by Crippen LogP contribution is -1.98. The summed E-state index contributed by atoms with van der Waals surface area (Å²) < 4.78 is 19.6. The highest BCUT2D eigenvalue weighted by molar-refractivity contribution is 7.63. The molecule has 2 rings (SSSR count). The van der Waals surface area contributed by atoms with E-state index in [4.69, 9.17) is 0 Å². The molecule has 0 aliphatic carbocycles. The van der Waals surface area contributed by atoms with Gasteiger partial charge >= 0.3 is 0 Å². The smallest absolute Gasteiger partial charge is 0.252 e. The summed E-state index contributed by atoms with van der Waals surface area (Å²) in [4.78, 5) is 0. The van der Waals surface area contributed by atoms with Crippen LogP contribution in [0.4, 0.5) is 0 Å². The number of nitrogens with zero attached hydrogens (tertiary/aromatic N) is 2. The van der Waals surface area contributed by atoms with E-state index in [9.17, 15) is 8.42 Å². The van der Waals surface area contributed by atoms with E-state index in [-0.39, 0.29) is 4.77 Å². The number of tetrazole rings is 1. The summed E-state index contributed by atoms with van der Waals surface area (Å²) in [6.45, 7) is 13.6. The van der Waals surface area contributed by atoms with Crippen LogP contribution in [0.1, 0.15) is 76.0 Å². The maximum absolute atomic E-state index is 9.91. The number of H-pyrrole nitrogens is 2. The number of aromatic nitrogens is 4. The Morgan fingerprint density at radius 1 is 0.826 bits per heavy atom. The second kappa shape index (κ2) is 8.67. The third kappa shape index (κ3) is 6.02. The second-order valence-electron chi connectivity index (χ2n) is 6.37. The fourth-order valence-corrected chi connectivity index (χ4v) is 2.18. The highest BCUT2D eigenvalue weighted by Crippen LogP contribution is 2.26. The van der Waals surface area contributed by atoms with Crippen LogP contribution in [0.15, 0.2) is 18.2 Å². The predicted molar refractivity (Wildman–Crippen MR) is 91.6 cm³/mol. The number of hydrogen-bond acceptors (Lipinski definition) is 4. The highest BCUT2D eigenvalue weighted by Gasteiger charge is 2.08. The first-order valence-electron chi connectivity index (χ1n) is 7.75. The third-order valence-corrected chi connectivity index (χ3v) is 4.01. The van der Waals surface area contributed by atoms with Crippen molar-refractivity contribution in [2.45, 2.75) is 59.3 Å². The van der Waals surface area contributed by atoms with Crippen molar-refractivity contribution < 1.29 is 8.42 Å². The zero-order valence-electron chi connectivity index (χ0n) is 14.6. The van der Waals surface area contributed by atoms with Crippen LogP contribution >= 0.6 is 0 Å². The van der Waals surface area contributed by atoms with Crippen molar-refractivity contribution in [2.75, 3.05) is 0 Å². The summed E-state index contributed by atoms with van der Waals surface area (Å²) >= 11 is 0. The van der Waals surface area contributed by atoms with Crippen molar-refractivity contribution in [1.29, 1.82) is 0 Å². The molecule has 1 heterocycles. The summed E-state index contributed by atoms with van der Waals surface area (Å²) in [5.41, 5.74) is 4.43. The molecule has 0 atom stereocenters. The van der Waals surface area contributed by atoms with Gasteiger partial charge in [0.1, 0.15) is 0 Å². The number of benzene rings is 1. The Morgan fingerprint density at radius 3 is 1.39 bits per heavy atom. The molecule has 0 amide bonds. The van der Waals surface area contributed by atoms with E-state index in [1.54, 1.807) is 0 Å². The first-order valence-corrected chi connectivity index (χ1v) is 8.82. The molecule has 128 valence electrons. The van der Waals surface area contributed by atoms with Crippen LogP contribution in [0.2, 0.25) is 0 Å². The maximum atomic E-state index is 9.91. The van der Waals surface area contributed by atoms with Crippen LogP contribution in [-0.2, 0) is 10.3 Å². The topological polar surface area (TPSA) is 91.5 Å². The molecule has 0 aliphatic heterocycles. The molecule has 1 aromatic heterocycles. The average molecular weight is 338 g/mol. The summed E-state index contributed by atoms with van der Waals surface area (Å²) in [7, 11) is -2.31. The zero-order valence-corrected chi connectivity index (χ0v) is 15.4. The lowest BCUT2D eigenvalue weighted by Gasteiger charge is -2.16. The molecule has 0 bridgehead atoms. The zero-order chi connectivity index (χ0) is 17.6. The van der Waals surface area contributed by atoms with E-state index >= 15 is 0 Å². The molecular weight excluding hydrogens is 312 g/mol. The lowest BCUT2D eigenvalue weighted by atomic mass is 9.90. The van der Waals surface area contributed by atoms with Crippen molar-refractivity contribution in [3.63, 3.8) is 0 Å². The van der Waals surface area contributed by atoms with Crippen LogP contribution < -0.4 is 0 Å². The van der Waals surface area contributed by atoms with Gasteiger partial charge in [-0.15, -0.1) is 0 Å². The van der Waals surface area contributed by atoms with E-state index in [0.29, 0.717) is 17.8 Å². The van der Waals surface area contributed by atoms with Crippen LogP contribution in [0.5, 0.6) is 0 Å². The highest BCUT2D eigenvalue weighted by atomic mass is 32.2. The average Bonchev–Trinajstić information content (AvgIpc) is 3.01. The molecule has 0 saturated carbocycles. The van der Waals surface area contributed by atoms with E-state index < -0.39 is 10.3 Å². The fraction of sp³-hybridized carbons (Fsp3) is 0.562. The van der Waals surface area contributed by atoms with Gasteiger partial charge in [-0.2, -0.15) is 13.6 Å². The minimum atomic E-state index is -2.31. The van der Waals surface area contributed by atoms with Gasteiger partial charge in [-0.25, -0.2) is 0 Å². The van der Waals surface area contributed by atoms with Crippen molar-refractivity contribution in [3.05, 3.63) is 39.7 Å². The van der Waals surface area contributed by atoms with Gasteiger partial charge in [0, 0.05) is 0 Å². The third-order valence-electron chi connectivity index (χ3n) is 3.51. The van der Waals surface area contributed by atoms with Crippen LogP contribution in [0.25, 0.3) is 0 Å². The molecule has 0 fully saturated rings. The van der Waals surface area contributed by atoms with Crippen molar-refractivity contribution >= 4 is 10.3 Å². The summed E-state index contributed by atoms with van der Waals surface area (Å²) in [6.07, 6.45) is 0. The predicted octanol–water partition coefficient (Wildman–Crippen LogP) is 3.60. The van der Waals surface area contributed by atoms with Crippen molar-refractivity contribution in [2.24, 2.45) is 0 Å². The Kier molecular flexibility index (Phi) is 7.22. The van der Waals surface area contributed by atoms with E-state index in [0.717, 1.165) is 0 Å². The molecule has 2 aromatic rings. The first-order chi connectivity index (χ1) is 10.7. The summed E-state index contributed by atoms with van der Waals surface area (Å²) in [5, 5.41) is 10.6. The molecule has 0 spiro atoms. The maximum Gasteiger partial charge on any atom is 0.291 e. The summed E-state index contributed by atoms with van der Waals surface area (Å²) in [5.74, 6) is 1.88. The van der Waals surface area contributed by atoms with Gasteiger partial charge in [-0.1, -0.05) is 70.1 Å². The Morgan fingerprint density at radius 2 is 1.22 bits per heavy atom. The van der Waals surface area contributed by atoms with E-state index in [1.807, 2.05) is 0 Å². The number of rotatable bonds is 3. The van der Waals surface area contributed by atoms with Gasteiger partial charge in [-0.05, 0) is 34.4 Å². The quantitative estimate of drug-likeness (QED) is 0.836. The van der Waals surface area contributed by atoms with E-state index in [1.165, 1.54) is 16.7 Å². The molecular formula is C16H26N4O2S. The number of nitrogens with one attached hydrogen (secondary N) is 2. The van der Waals surface area contributed by atoms with Crippen molar-refractivity contribution in [3.8, 4) is 0 Å². The van der Waals surface area contributed by atoms with Gasteiger partial charge in [0.25, 0.3) is 15.1 Å². The van der Waals surface area contributed by atoms with Crippen molar-refractivity contribution in [1.82, 2.24) is 20.6 Å². The molecule has 0 aliphatic rings. The molecule has 6 nitrogen and oxygen atoms in total. The Bertz CT molecular complexity index is 697. The molecule has 0 unspecified atom stereocenters. The van der Waals surface area contributed by atoms with Gasteiger partial charge in [0.2, 0.25) is 0 Å². The standard InChI is InChI=1S/C15H24.CH2N4O2S/c1-10(2)13-7-14(11(3)4)9-15(8-13)12(5)6;6-8(7)1-2-4-5-3-1/h7-12H,1-6H3;(H,2,5)(H,3,4). The Labute approximate surface area is 138 Å².